The summed E-state index contributed by atoms with van der Waals surface area (Å²) in [6.45, 7) is 0. The van der Waals surface area contributed by atoms with Crippen LogP contribution in [0.2, 0.25) is 0 Å². The molecule has 8 heterocycles. The average Bonchev–Trinajstić information content (AvgIpc) is 3.42. The second-order valence-corrected chi connectivity index (χ2v) is 15.8. The highest BCUT2D eigenvalue weighted by Crippen LogP contribution is 2.35. The Morgan fingerprint density at radius 1 is 0.182 bits per heavy atom. The second kappa shape index (κ2) is 17.9. The van der Waals surface area contributed by atoms with Crippen LogP contribution in [0.25, 0.3) is 112 Å². The first kappa shape index (κ1) is 39.7. The molecule has 8 nitrogen and oxygen atoms in total. The van der Waals surface area contributed by atoms with E-state index in [0.29, 0.717) is 0 Å². The van der Waals surface area contributed by atoms with Crippen LogP contribution < -0.4 is 0 Å². The summed E-state index contributed by atoms with van der Waals surface area (Å²) in [5.41, 5.74) is 20.1. The fraction of sp³-hybridized carbons (Fsp3) is 0. The predicted molar refractivity (Wildman–Crippen MR) is 263 cm³/mol. The fourth-order valence-electron chi connectivity index (χ4n) is 8.05. The quantitative estimate of drug-likeness (QED) is 0.134. The molecule has 0 bridgehead atoms. The summed E-state index contributed by atoms with van der Waals surface area (Å²) in [6.07, 6.45) is 18.4. The molecule has 0 aliphatic rings. The zero-order valence-corrected chi connectivity index (χ0v) is 35.5. The lowest BCUT2D eigenvalue weighted by Crippen LogP contribution is -1.90. The number of rotatable bonds is 10. The molecule has 11 rings (SSSR count). The van der Waals surface area contributed by atoms with Crippen molar-refractivity contribution in [1.82, 2.24) is 39.9 Å². The Hall–Kier alpha value is -9.14. The molecule has 0 atom stereocenters. The van der Waals surface area contributed by atoms with Crippen molar-refractivity contribution in [3.05, 3.63) is 232 Å². The van der Waals surface area contributed by atoms with Crippen LogP contribution >= 0.6 is 0 Å². The van der Waals surface area contributed by atoms with Gasteiger partial charge in [0.2, 0.25) is 0 Å². The maximum atomic E-state index is 4.81. The highest BCUT2D eigenvalue weighted by Gasteiger charge is 2.11. The Kier molecular flexibility index (Phi) is 10.8. The van der Waals surface area contributed by atoms with Crippen molar-refractivity contribution >= 4 is 0 Å². The van der Waals surface area contributed by atoms with E-state index in [4.69, 9.17) is 19.9 Å². The molecule has 310 valence electrons. The molecule has 0 saturated carbocycles. The molecule has 0 saturated heterocycles. The molecular formula is C58H38N8. The smallest absolute Gasteiger partial charge is 0.0717 e. The molecule has 0 N–H and O–H groups in total. The van der Waals surface area contributed by atoms with Gasteiger partial charge in [-0.3, -0.25) is 39.9 Å². The van der Waals surface area contributed by atoms with Gasteiger partial charge in [-0.2, -0.15) is 0 Å². The van der Waals surface area contributed by atoms with Gasteiger partial charge in [0, 0.05) is 106 Å². The summed E-state index contributed by atoms with van der Waals surface area (Å²) in [4.78, 5) is 36.5. The lowest BCUT2D eigenvalue weighted by molar-refractivity contribution is 1.25. The lowest BCUT2D eigenvalue weighted by atomic mass is 9.92. The van der Waals surface area contributed by atoms with Crippen LogP contribution in [-0.2, 0) is 0 Å². The molecule has 8 aromatic heterocycles. The maximum absolute atomic E-state index is 4.81. The van der Waals surface area contributed by atoms with Crippen molar-refractivity contribution in [2.45, 2.75) is 0 Å². The number of hydrogen-bond donors (Lipinski definition) is 0. The van der Waals surface area contributed by atoms with Crippen LogP contribution in [0, 0.1) is 0 Å². The third-order valence-electron chi connectivity index (χ3n) is 11.7. The zero-order chi connectivity index (χ0) is 44.1. The molecule has 0 spiro atoms. The van der Waals surface area contributed by atoms with Gasteiger partial charge in [0.05, 0.1) is 34.2 Å². The predicted octanol–water partition coefficient (Wildman–Crippen LogP) is 13.5. The summed E-state index contributed by atoms with van der Waals surface area (Å²) >= 11 is 0. The van der Waals surface area contributed by atoms with Gasteiger partial charge < -0.3 is 0 Å². The van der Waals surface area contributed by atoms with E-state index in [1.165, 1.54) is 11.1 Å². The highest BCUT2D eigenvalue weighted by atomic mass is 14.7. The number of hydrogen-bond acceptors (Lipinski definition) is 8. The summed E-state index contributed by atoms with van der Waals surface area (Å²) in [6, 6.07) is 58.3. The molecular weight excluding hydrogens is 809 g/mol. The van der Waals surface area contributed by atoms with Gasteiger partial charge in [-0.15, -0.1) is 0 Å². The standard InChI is InChI=1S/C58H38N8/c1-2-4-52(42-11-7-40(8-12-42)46-14-20-56(62-34-46)50-18-24-58(66-38-50)48-16-22-54(64-36-48)44-27-31-60-32-28-44)51(3-1)41-9-5-39(6-10-41)45-13-19-55(61-33-45)49-17-23-57(65-37-49)47-15-21-53(63-35-47)43-25-29-59-30-26-43/h1-38H. The molecule has 0 unspecified atom stereocenters. The van der Waals surface area contributed by atoms with Gasteiger partial charge in [0.15, 0.2) is 0 Å². The van der Waals surface area contributed by atoms with Gasteiger partial charge >= 0.3 is 0 Å². The van der Waals surface area contributed by atoms with Crippen LogP contribution in [0.1, 0.15) is 0 Å². The Morgan fingerprint density at radius 3 is 0.697 bits per heavy atom. The second-order valence-electron chi connectivity index (χ2n) is 15.8. The van der Waals surface area contributed by atoms with Crippen LogP contribution in [0.5, 0.6) is 0 Å². The minimum Gasteiger partial charge on any atom is -0.265 e. The molecule has 0 aliphatic heterocycles. The molecule has 0 aliphatic carbocycles. The highest BCUT2D eigenvalue weighted by molar-refractivity contribution is 5.85. The number of aromatic nitrogens is 8. The van der Waals surface area contributed by atoms with Crippen molar-refractivity contribution in [2.24, 2.45) is 0 Å². The third kappa shape index (κ3) is 8.37. The fourth-order valence-corrected chi connectivity index (χ4v) is 8.05. The zero-order valence-electron chi connectivity index (χ0n) is 35.5. The largest absolute Gasteiger partial charge is 0.265 e. The molecule has 8 heteroatoms. The van der Waals surface area contributed by atoms with Gasteiger partial charge in [0.25, 0.3) is 0 Å². The monoisotopic (exact) mass is 846 g/mol. The normalized spacial score (nSPS) is 11.0. The van der Waals surface area contributed by atoms with Crippen LogP contribution in [0.4, 0.5) is 0 Å². The van der Waals surface area contributed by atoms with E-state index in [1.807, 2.05) is 97.8 Å². The SMILES string of the molecule is c1ccc(-c2ccc(-c3ccc(-c4ccc(-c5ccc(-c6ccncc6)nc5)nc4)nc3)cc2)c(-c2ccc(-c3ccc(-c4ccc(-c5ccc(-c6ccncc6)nc5)nc4)nc3)cc2)c1. The van der Waals surface area contributed by atoms with Crippen LogP contribution in [0.3, 0.4) is 0 Å². The Morgan fingerprint density at radius 2 is 0.424 bits per heavy atom. The molecule has 3 aromatic carbocycles. The van der Waals surface area contributed by atoms with Gasteiger partial charge in [-0.25, -0.2) is 0 Å². The summed E-state index contributed by atoms with van der Waals surface area (Å²) in [7, 11) is 0. The van der Waals surface area contributed by atoms with E-state index in [0.717, 1.165) is 101 Å². The Balaban J connectivity index is 0.737. The molecule has 0 amide bonds. The summed E-state index contributed by atoms with van der Waals surface area (Å²) in [5.74, 6) is 0. The number of pyridine rings is 8. The van der Waals surface area contributed by atoms with Gasteiger partial charge in [-0.05, 0) is 118 Å². The van der Waals surface area contributed by atoms with E-state index in [2.05, 4.69) is 129 Å². The van der Waals surface area contributed by atoms with Gasteiger partial charge in [0.1, 0.15) is 0 Å². The van der Waals surface area contributed by atoms with Crippen molar-refractivity contribution in [1.29, 1.82) is 0 Å². The summed E-state index contributed by atoms with van der Waals surface area (Å²) in [5, 5.41) is 0. The minimum absolute atomic E-state index is 0.860. The molecule has 11 aromatic rings. The topological polar surface area (TPSA) is 103 Å². The lowest BCUT2D eigenvalue weighted by Gasteiger charge is -2.12. The third-order valence-corrected chi connectivity index (χ3v) is 11.7. The van der Waals surface area contributed by atoms with Crippen LogP contribution in [-0.4, -0.2) is 39.9 Å². The Bertz CT molecular complexity index is 3130. The van der Waals surface area contributed by atoms with E-state index < -0.39 is 0 Å². The van der Waals surface area contributed by atoms with E-state index in [1.54, 1.807) is 24.8 Å². The molecule has 0 radical (unpaired) electrons. The van der Waals surface area contributed by atoms with Crippen molar-refractivity contribution in [3.8, 4) is 112 Å². The number of nitrogens with zero attached hydrogens (tertiary/aromatic N) is 8. The molecule has 66 heavy (non-hydrogen) atoms. The van der Waals surface area contributed by atoms with Crippen molar-refractivity contribution in [2.75, 3.05) is 0 Å². The minimum atomic E-state index is 0.860. The summed E-state index contributed by atoms with van der Waals surface area (Å²) < 4.78 is 0. The first-order valence-corrected chi connectivity index (χ1v) is 21.6. The van der Waals surface area contributed by atoms with E-state index >= 15 is 0 Å². The first-order chi connectivity index (χ1) is 32.7. The van der Waals surface area contributed by atoms with Gasteiger partial charge in [-0.1, -0.05) is 84.9 Å². The Labute approximate surface area is 382 Å². The van der Waals surface area contributed by atoms with E-state index in [-0.39, 0.29) is 0 Å². The number of benzene rings is 3. The first-order valence-electron chi connectivity index (χ1n) is 21.6. The maximum Gasteiger partial charge on any atom is 0.0717 e. The average molecular weight is 847 g/mol. The van der Waals surface area contributed by atoms with E-state index in [9.17, 15) is 0 Å². The van der Waals surface area contributed by atoms with Crippen molar-refractivity contribution in [3.63, 3.8) is 0 Å². The van der Waals surface area contributed by atoms with Crippen LogP contribution in [0.15, 0.2) is 232 Å². The van der Waals surface area contributed by atoms with Crippen molar-refractivity contribution < 1.29 is 0 Å². The molecule has 0 fully saturated rings.